The second kappa shape index (κ2) is 8.60. The molecule has 0 aliphatic carbocycles. The quantitative estimate of drug-likeness (QED) is 0.481. The highest BCUT2D eigenvalue weighted by atomic mass is 35.5. The first-order valence-electron chi connectivity index (χ1n) is 7.26. The Morgan fingerprint density at radius 3 is 2.86 bits per heavy atom. The van der Waals surface area contributed by atoms with Crippen molar-refractivity contribution in [3.63, 3.8) is 0 Å². The topological polar surface area (TPSA) is 58.4 Å². The number of hydrogen-bond donors (Lipinski definition) is 2. The standard InChI is InChI=1S/C15H20ClN3OS2/c16-12-3-5-13(6-4-12)22-9-7-18-15(21)19-8-1-2-11(10-19)14(17)20/h3-6,11H,1-2,7-10H2,(H2,17,20)(H,18,21)/t11-/m1/s1. The van der Waals surface area contributed by atoms with E-state index in [0.717, 1.165) is 36.7 Å². The van der Waals surface area contributed by atoms with E-state index >= 15 is 0 Å². The number of rotatable bonds is 5. The average Bonchev–Trinajstić information content (AvgIpc) is 2.53. The molecule has 22 heavy (non-hydrogen) atoms. The van der Waals surface area contributed by atoms with Crippen molar-refractivity contribution in [3.05, 3.63) is 29.3 Å². The van der Waals surface area contributed by atoms with Gasteiger partial charge < -0.3 is 16.0 Å². The summed E-state index contributed by atoms with van der Waals surface area (Å²) in [5.74, 6) is 0.595. The molecular formula is C15H20ClN3OS2. The summed E-state index contributed by atoms with van der Waals surface area (Å²) in [6, 6.07) is 7.79. The first kappa shape index (κ1) is 17.4. The number of thioether (sulfide) groups is 1. The van der Waals surface area contributed by atoms with Crippen LogP contribution in [0.1, 0.15) is 12.8 Å². The number of likely N-dealkylation sites (tertiary alicyclic amines) is 1. The van der Waals surface area contributed by atoms with Gasteiger partial charge in [-0.2, -0.15) is 0 Å². The summed E-state index contributed by atoms with van der Waals surface area (Å²) in [4.78, 5) is 14.5. The molecule has 1 saturated heterocycles. The second-order valence-corrected chi connectivity index (χ2v) is 7.21. The number of thiocarbonyl (C=S) groups is 1. The number of hydrogen-bond acceptors (Lipinski definition) is 3. The van der Waals surface area contributed by atoms with Crippen molar-refractivity contribution >= 4 is 46.6 Å². The number of nitrogens with two attached hydrogens (primary N) is 1. The zero-order valence-electron chi connectivity index (χ0n) is 12.3. The molecule has 1 aromatic carbocycles. The molecule has 1 heterocycles. The molecule has 1 fully saturated rings. The number of carbonyl (C=O) groups is 1. The van der Waals surface area contributed by atoms with E-state index in [1.807, 2.05) is 29.2 Å². The van der Waals surface area contributed by atoms with Crippen molar-refractivity contribution in [2.75, 3.05) is 25.4 Å². The number of nitrogens with zero attached hydrogens (tertiary/aromatic N) is 1. The van der Waals surface area contributed by atoms with Gasteiger partial charge in [0.05, 0.1) is 5.92 Å². The maximum absolute atomic E-state index is 11.3. The lowest BCUT2D eigenvalue weighted by Crippen LogP contribution is -2.48. The minimum absolute atomic E-state index is 0.0862. The molecule has 7 heteroatoms. The molecule has 1 atom stereocenters. The molecule has 1 aliphatic heterocycles. The first-order chi connectivity index (χ1) is 10.6. The molecule has 1 amide bonds. The lowest BCUT2D eigenvalue weighted by atomic mass is 9.98. The molecule has 0 unspecified atom stereocenters. The van der Waals surface area contributed by atoms with E-state index in [-0.39, 0.29) is 11.8 Å². The van der Waals surface area contributed by atoms with Crippen LogP contribution in [0.3, 0.4) is 0 Å². The molecule has 0 saturated carbocycles. The van der Waals surface area contributed by atoms with Crippen LogP contribution in [0.25, 0.3) is 0 Å². The summed E-state index contributed by atoms with van der Waals surface area (Å²) in [5, 5.41) is 4.71. The van der Waals surface area contributed by atoms with Crippen molar-refractivity contribution in [1.29, 1.82) is 0 Å². The van der Waals surface area contributed by atoms with E-state index in [0.29, 0.717) is 11.7 Å². The average molecular weight is 358 g/mol. The minimum atomic E-state index is -0.231. The van der Waals surface area contributed by atoms with Gasteiger partial charge in [0.1, 0.15) is 0 Å². The number of amides is 1. The zero-order chi connectivity index (χ0) is 15.9. The summed E-state index contributed by atoms with van der Waals surface area (Å²) in [6.07, 6.45) is 1.82. The van der Waals surface area contributed by atoms with Crippen LogP contribution in [0.4, 0.5) is 0 Å². The van der Waals surface area contributed by atoms with Crippen LogP contribution in [0.2, 0.25) is 5.02 Å². The van der Waals surface area contributed by atoms with Gasteiger partial charge in [0.15, 0.2) is 5.11 Å². The van der Waals surface area contributed by atoms with E-state index in [1.54, 1.807) is 11.8 Å². The van der Waals surface area contributed by atoms with Gasteiger partial charge in [-0.15, -0.1) is 11.8 Å². The Labute approximate surface area is 145 Å². The predicted octanol–water partition coefficient (Wildman–Crippen LogP) is 2.50. The SMILES string of the molecule is NC(=O)[C@@H]1CCCN(C(=S)NCCSc2ccc(Cl)cc2)C1. The van der Waals surface area contributed by atoms with Crippen LogP contribution in [-0.4, -0.2) is 41.3 Å². The summed E-state index contributed by atoms with van der Waals surface area (Å²) >= 11 is 13.0. The van der Waals surface area contributed by atoms with Gasteiger partial charge in [0.25, 0.3) is 0 Å². The Balaban J connectivity index is 1.69. The van der Waals surface area contributed by atoms with Crippen LogP contribution in [0.15, 0.2) is 29.2 Å². The Kier molecular flexibility index (Phi) is 6.79. The molecule has 0 spiro atoms. The fourth-order valence-corrected chi connectivity index (χ4v) is 3.53. The molecule has 2 rings (SSSR count). The van der Waals surface area contributed by atoms with Crippen LogP contribution < -0.4 is 11.1 Å². The van der Waals surface area contributed by atoms with Gasteiger partial charge in [0.2, 0.25) is 5.91 Å². The maximum atomic E-state index is 11.3. The van der Waals surface area contributed by atoms with Gasteiger partial charge in [-0.1, -0.05) is 11.6 Å². The van der Waals surface area contributed by atoms with E-state index < -0.39 is 0 Å². The highest BCUT2D eigenvalue weighted by Gasteiger charge is 2.25. The zero-order valence-corrected chi connectivity index (χ0v) is 14.6. The number of primary amides is 1. The largest absolute Gasteiger partial charge is 0.369 e. The van der Waals surface area contributed by atoms with Crippen LogP contribution in [0.5, 0.6) is 0 Å². The lowest BCUT2D eigenvalue weighted by molar-refractivity contribution is -0.122. The molecule has 0 radical (unpaired) electrons. The molecule has 120 valence electrons. The molecule has 0 aromatic heterocycles. The second-order valence-electron chi connectivity index (χ2n) is 5.22. The molecule has 1 aliphatic rings. The molecule has 4 nitrogen and oxygen atoms in total. The molecule has 0 bridgehead atoms. The third kappa shape index (κ3) is 5.34. The Bertz CT molecular complexity index is 524. The molecule has 1 aromatic rings. The van der Waals surface area contributed by atoms with Crippen molar-refractivity contribution in [1.82, 2.24) is 10.2 Å². The van der Waals surface area contributed by atoms with Crippen molar-refractivity contribution in [2.45, 2.75) is 17.7 Å². The van der Waals surface area contributed by atoms with E-state index in [1.165, 1.54) is 4.90 Å². The summed E-state index contributed by atoms with van der Waals surface area (Å²) in [6.45, 7) is 2.30. The van der Waals surface area contributed by atoms with Crippen molar-refractivity contribution in [3.8, 4) is 0 Å². The smallest absolute Gasteiger partial charge is 0.222 e. The molecule has 3 N–H and O–H groups in total. The van der Waals surface area contributed by atoms with Crippen LogP contribution in [0, 0.1) is 5.92 Å². The molecular weight excluding hydrogens is 338 g/mol. The van der Waals surface area contributed by atoms with Gasteiger partial charge in [0, 0.05) is 35.3 Å². The maximum Gasteiger partial charge on any atom is 0.222 e. The van der Waals surface area contributed by atoms with Gasteiger partial charge >= 0.3 is 0 Å². The lowest BCUT2D eigenvalue weighted by Gasteiger charge is -2.33. The van der Waals surface area contributed by atoms with Crippen LogP contribution >= 0.6 is 35.6 Å². The fraction of sp³-hybridized carbons (Fsp3) is 0.467. The van der Waals surface area contributed by atoms with Crippen LogP contribution in [-0.2, 0) is 4.79 Å². The Morgan fingerprint density at radius 2 is 2.18 bits per heavy atom. The van der Waals surface area contributed by atoms with Gasteiger partial charge in [-0.3, -0.25) is 4.79 Å². The Hall–Kier alpha value is -0.980. The summed E-state index contributed by atoms with van der Waals surface area (Å²) in [5.41, 5.74) is 5.38. The first-order valence-corrected chi connectivity index (χ1v) is 9.04. The summed E-state index contributed by atoms with van der Waals surface area (Å²) in [7, 11) is 0. The van der Waals surface area contributed by atoms with E-state index in [2.05, 4.69) is 5.32 Å². The predicted molar refractivity (Wildman–Crippen MR) is 96.3 cm³/mol. The number of nitrogens with one attached hydrogen (secondary N) is 1. The number of benzene rings is 1. The van der Waals surface area contributed by atoms with Gasteiger partial charge in [-0.25, -0.2) is 0 Å². The minimum Gasteiger partial charge on any atom is -0.369 e. The summed E-state index contributed by atoms with van der Waals surface area (Å²) < 4.78 is 0. The third-order valence-electron chi connectivity index (χ3n) is 3.57. The number of halogens is 1. The monoisotopic (exact) mass is 357 g/mol. The number of piperidine rings is 1. The van der Waals surface area contributed by atoms with E-state index in [4.69, 9.17) is 29.6 Å². The van der Waals surface area contributed by atoms with Gasteiger partial charge in [-0.05, 0) is 49.3 Å². The third-order valence-corrected chi connectivity index (χ3v) is 5.24. The number of carbonyl (C=O) groups excluding carboxylic acids is 1. The normalized spacial score (nSPS) is 18.0. The van der Waals surface area contributed by atoms with Crippen molar-refractivity contribution < 1.29 is 4.79 Å². The fourth-order valence-electron chi connectivity index (χ4n) is 2.36. The van der Waals surface area contributed by atoms with E-state index in [9.17, 15) is 4.79 Å². The van der Waals surface area contributed by atoms with Crippen molar-refractivity contribution in [2.24, 2.45) is 11.7 Å². The highest BCUT2D eigenvalue weighted by molar-refractivity contribution is 7.99. The highest BCUT2D eigenvalue weighted by Crippen LogP contribution is 2.20. The Morgan fingerprint density at radius 1 is 1.45 bits per heavy atom.